The van der Waals surface area contributed by atoms with Crippen LogP contribution < -0.4 is 10.1 Å². The van der Waals surface area contributed by atoms with E-state index in [1.807, 2.05) is 24.3 Å². The van der Waals surface area contributed by atoms with E-state index in [0.29, 0.717) is 13.0 Å². The maximum atomic E-state index is 12.0. The lowest BCUT2D eigenvalue weighted by atomic mass is 10.1. The SMILES string of the molecule is COc1ccc(CCNC(=O)c2nc([N+](=O)[O-])cn2C)cc1. The van der Waals surface area contributed by atoms with Crippen LogP contribution in [-0.2, 0) is 13.5 Å². The van der Waals surface area contributed by atoms with E-state index in [1.54, 1.807) is 14.2 Å². The molecule has 8 heteroatoms. The van der Waals surface area contributed by atoms with Gasteiger partial charge in [-0.05, 0) is 34.0 Å². The highest BCUT2D eigenvalue weighted by Crippen LogP contribution is 2.12. The number of carbonyl (C=O) groups is 1. The van der Waals surface area contributed by atoms with E-state index in [4.69, 9.17) is 4.74 Å². The van der Waals surface area contributed by atoms with Crippen LogP contribution in [0.4, 0.5) is 5.82 Å². The molecule has 0 radical (unpaired) electrons. The zero-order valence-corrected chi connectivity index (χ0v) is 12.3. The number of benzene rings is 1. The molecule has 0 fully saturated rings. The van der Waals surface area contributed by atoms with Gasteiger partial charge in [0, 0.05) is 13.6 Å². The molecule has 0 atom stereocenters. The molecule has 1 aromatic carbocycles. The summed E-state index contributed by atoms with van der Waals surface area (Å²) < 4.78 is 6.40. The molecule has 1 N–H and O–H groups in total. The lowest BCUT2D eigenvalue weighted by Gasteiger charge is -2.04. The summed E-state index contributed by atoms with van der Waals surface area (Å²) in [4.78, 5) is 25.6. The number of ether oxygens (including phenoxy) is 1. The molecule has 116 valence electrons. The maximum Gasteiger partial charge on any atom is 0.382 e. The van der Waals surface area contributed by atoms with Crippen LogP contribution in [0.15, 0.2) is 30.5 Å². The van der Waals surface area contributed by atoms with E-state index in [9.17, 15) is 14.9 Å². The van der Waals surface area contributed by atoms with Gasteiger partial charge in [0.2, 0.25) is 0 Å². The smallest absolute Gasteiger partial charge is 0.382 e. The van der Waals surface area contributed by atoms with Crippen LogP contribution in [0.5, 0.6) is 5.75 Å². The van der Waals surface area contributed by atoms with E-state index >= 15 is 0 Å². The van der Waals surface area contributed by atoms with Gasteiger partial charge in [0.25, 0.3) is 0 Å². The van der Waals surface area contributed by atoms with Crippen molar-refractivity contribution >= 4 is 11.7 Å². The van der Waals surface area contributed by atoms with Crippen molar-refractivity contribution in [2.45, 2.75) is 6.42 Å². The van der Waals surface area contributed by atoms with Crippen LogP contribution in [0.2, 0.25) is 0 Å². The molecular weight excluding hydrogens is 288 g/mol. The Bertz CT molecular complexity index is 679. The number of hydrogen-bond acceptors (Lipinski definition) is 5. The fourth-order valence-corrected chi connectivity index (χ4v) is 1.94. The highest BCUT2D eigenvalue weighted by atomic mass is 16.6. The number of nitrogens with one attached hydrogen (secondary N) is 1. The van der Waals surface area contributed by atoms with Crippen LogP contribution >= 0.6 is 0 Å². The first-order chi connectivity index (χ1) is 10.5. The Balaban J connectivity index is 1.91. The van der Waals surface area contributed by atoms with E-state index < -0.39 is 10.8 Å². The molecular formula is C14H16N4O4. The molecule has 1 amide bonds. The predicted molar refractivity (Wildman–Crippen MR) is 78.9 cm³/mol. The van der Waals surface area contributed by atoms with Gasteiger partial charge in [-0.2, -0.15) is 0 Å². The number of aromatic nitrogens is 2. The third-order valence-corrected chi connectivity index (χ3v) is 3.11. The normalized spacial score (nSPS) is 10.3. The molecule has 8 nitrogen and oxygen atoms in total. The van der Waals surface area contributed by atoms with Crippen LogP contribution in [0.3, 0.4) is 0 Å². The summed E-state index contributed by atoms with van der Waals surface area (Å²) >= 11 is 0. The number of nitrogens with zero attached hydrogens (tertiary/aromatic N) is 3. The van der Waals surface area contributed by atoms with Crippen molar-refractivity contribution in [1.29, 1.82) is 0 Å². The molecule has 22 heavy (non-hydrogen) atoms. The molecule has 1 heterocycles. The van der Waals surface area contributed by atoms with Gasteiger partial charge in [-0.1, -0.05) is 12.1 Å². The Morgan fingerprint density at radius 2 is 2.09 bits per heavy atom. The van der Waals surface area contributed by atoms with Gasteiger partial charge in [-0.3, -0.25) is 4.79 Å². The Hall–Kier alpha value is -2.90. The van der Waals surface area contributed by atoms with Gasteiger partial charge in [-0.25, -0.2) is 0 Å². The predicted octanol–water partition coefficient (Wildman–Crippen LogP) is 1.31. The number of hydrogen-bond donors (Lipinski definition) is 1. The molecule has 2 aromatic rings. The van der Waals surface area contributed by atoms with Crippen molar-refractivity contribution in [3.05, 3.63) is 52.0 Å². The second-order valence-electron chi connectivity index (χ2n) is 4.64. The van der Waals surface area contributed by atoms with Gasteiger partial charge in [-0.15, -0.1) is 0 Å². The van der Waals surface area contributed by atoms with Crippen molar-refractivity contribution in [1.82, 2.24) is 14.9 Å². The van der Waals surface area contributed by atoms with E-state index in [2.05, 4.69) is 10.3 Å². The maximum absolute atomic E-state index is 12.0. The average Bonchev–Trinajstić information content (AvgIpc) is 2.90. The van der Waals surface area contributed by atoms with Crippen LogP contribution in [-0.4, -0.2) is 34.0 Å². The summed E-state index contributed by atoms with van der Waals surface area (Å²) in [6.45, 7) is 0.409. The second-order valence-corrected chi connectivity index (χ2v) is 4.64. The van der Waals surface area contributed by atoms with Crippen molar-refractivity contribution < 1.29 is 14.5 Å². The summed E-state index contributed by atoms with van der Waals surface area (Å²) in [5, 5.41) is 13.3. The minimum Gasteiger partial charge on any atom is -0.497 e. The van der Waals surface area contributed by atoms with Crippen molar-refractivity contribution in [2.75, 3.05) is 13.7 Å². The van der Waals surface area contributed by atoms with Gasteiger partial charge >= 0.3 is 17.5 Å². The average molecular weight is 304 g/mol. The zero-order chi connectivity index (χ0) is 16.1. The Labute approximate surface area is 126 Å². The first-order valence-electron chi connectivity index (χ1n) is 6.60. The van der Waals surface area contributed by atoms with Crippen LogP contribution in [0.1, 0.15) is 16.2 Å². The molecule has 0 aliphatic rings. The number of nitro groups is 1. The minimum atomic E-state index is -0.631. The van der Waals surface area contributed by atoms with E-state index in [0.717, 1.165) is 11.3 Å². The minimum absolute atomic E-state index is 0.0152. The van der Waals surface area contributed by atoms with Gasteiger partial charge in [0.05, 0.1) is 7.11 Å². The van der Waals surface area contributed by atoms with Gasteiger partial charge < -0.3 is 24.7 Å². The third kappa shape index (κ3) is 3.60. The fourth-order valence-electron chi connectivity index (χ4n) is 1.94. The molecule has 0 unspecified atom stereocenters. The van der Waals surface area contributed by atoms with E-state index in [-0.39, 0.29) is 11.6 Å². The highest BCUT2D eigenvalue weighted by molar-refractivity contribution is 5.91. The lowest BCUT2D eigenvalue weighted by molar-refractivity contribution is -0.389. The van der Waals surface area contributed by atoms with Crippen LogP contribution in [0.25, 0.3) is 0 Å². The number of imidazole rings is 1. The Kier molecular flexibility index (Phi) is 4.72. The second kappa shape index (κ2) is 6.70. The Morgan fingerprint density at radius 1 is 1.41 bits per heavy atom. The molecule has 2 rings (SSSR count). The molecule has 0 bridgehead atoms. The lowest BCUT2D eigenvalue weighted by Crippen LogP contribution is -2.28. The molecule has 0 saturated carbocycles. The third-order valence-electron chi connectivity index (χ3n) is 3.11. The largest absolute Gasteiger partial charge is 0.497 e. The monoisotopic (exact) mass is 304 g/mol. The van der Waals surface area contributed by atoms with Crippen LogP contribution in [0, 0.1) is 10.1 Å². The first-order valence-corrected chi connectivity index (χ1v) is 6.60. The summed E-state index contributed by atoms with van der Waals surface area (Å²) in [6.07, 6.45) is 1.85. The van der Waals surface area contributed by atoms with E-state index in [1.165, 1.54) is 10.8 Å². The van der Waals surface area contributed by atoms with Crippen molar-refractivity contribution in [3.63, 3.8) is 0 Å². The van der Waals surface area contributed by atoms with Gasteiger partial charge in [0.15, 0.2) is 0 Å². The summed E-state index contributed by atoms with van der Waals surface area (Å²) in [5.74, 6) is 0.00134. The molecule has 0 saturated heterocycles. The molecule has 1 aromatic heterocycles. The molecule has 0 spiro atoms. The summed E-state index contributed by atoms with van der Waals surface area (Å²) in [6, 6.07) is 7.52. The van der Waals surface area contributed by atoms with Crippen molar-refractivity contribution in [3.8, 4) is 5.75 Å². The number of amides is 1. The Morgan fingerprint density at radius 3 is 2.64 bits per heavy atom. The number of aryl methyl sites for hydroxylation is 1. The molecule has 0 aliphatic carbocycles. The number of rotatable bonds is 6. The fraction of sp³-hybridized carbons (Fsp3) is 0.286. The number of carbonyl (C=O) groups excluding carboxylic acids is 1. The topological polar surface area (TPSA) is 99.3 Å². The summed E-state index contributed by atoms with van der Waals surface area (Å²) in [7, 11) is 3.14. The standard InChI is InChI=1S/C14H16N4O4/c1-17-9-12(18(20)21)16-13(17)14(19)15-8-7-10-3-5-11(22-2)6-4-10/h3-6,9H,7-8H2,1-2H3,(H,15,19). The number of methoxy groups -OCH3 is 1. The van der Waals surface area contributed by atoms with Gasteiger partial charge in [0.1, 0.15) is 11.9 Å². The molecule has 0 aliphatic heterocycles. The quantitative estimate of drug-likeness (QED) is 0.640. The first kappa shape index (κ1) is 15.5. The summed E-state index contributed by atoms with van der Waals surface area (Å²) in [5.41, 5.74) is 1.05. The highest BCUT2D eigenvalue weighted by Gasteiger charge is 2.22. The zero-order valence-electron chi connectivity index (χ0n) is 12.3. The van der Waals surface area contributed by atoms with Crippen molar-refractivity contribution in [2.24, 2.45) is 7.05 Å².